The molecule has 1 aromatic carbocycles. The van der Waals surface area contributed by atoms with E-state index in [1.165, 1.54) is 6.08 Å². The number of hydrogen-bond acceptors (Lipinski definition) is 6. The second kappa shape index (κ2) is 9.05. The van der Waals surface area contributed by atoms with Gasteiger partial charge >= 0.3 is 5.97 Å². The third-order valence-electron chi connectivity index (χ3n) is 2.94. The van der Waals surface area contributed by atoms with Crippen LogP contribution in [0.3, 0.4) is 0 Å². The lowest BCUT2D eigenvalue weighted by Gasteiger charge is -2.04. The molecule has 8 heteroatoms. The van der Waals surface area contributed by atoms with Gasteiger partial charge in [0.05, 0.1) is 12.3 Å². The van der Waals surface area contributed by atoms with E-state index in [-0.39, 0.29) is 11.0 Å². The molecule has 0 fully saturated rings. The van der Waals surface area contributed by atoms with Crippen molar-refractivity contribution in [1.29, 1.82) is 0 Å². The number of nitrogens with zero attached hydrogens (tertiary/aromatic N) is 1. The van der Waals surface area contributed by atoms with E-state index in [1.807, 2.05) is 30.3 Å². The molecule has 2 N–H and O–H groups in total. The molecule has 25 heavy (non-hydrogen) atoms. The highest BCUT2D eigenvalue weighted by Gasteiger charge is 2.17. The number of aryl methyl sites for hydroxylation is 1. The summed E-state index contributed by atoms with van der Waals surface area (Å²) in [6, 6.07) is 9.44. The molecule has 0 atom stereocenters. The zero-order valence-corrected chi connectivity index (χ0v) is 15.4. The fraction of sp³-hybridized carbons (Fsp3) is 0.176. The van der Waals surface area contributed by atoms with Gasteiger partial charge in [-0.25, -0.2) is 9.78 Å². The Labute approximate surface area is 154 Å². The predicted octanol–water partition coefficient (Wildman–Crippen LogP) is 3.15. The molecule has 0 radical (unpaired) electrons. The molecule has 0 aliphatic carbocycles. The van der Waals surface area contributed by atoms with E-state index in [0.29, 0.717) is 22.3 Å². The van der Waals surface area contributed by atoms with E-state index in [9.17, 15) is 9.59 Å². The summed E-state index contributed by atoms with van der Waals surface area (Å²) in [6.45, 7) is 3.74. The van der Waals surface area contributed by atoms with Crippen molar-refractivity contribution in [1.82, 2.24) is 10.3 Å². The lowest BCUT2D eigenvalue weighted by Crippen LogP contribution is -2.32. The minimum Gasteiger partial charge on any atom is -0.462 e. The first-order valence-corrected chi connectivity index (χ1v) is 8.71. The zero-order chi connectivity index (χ0) is 18.2. The lowest BCUT2D eigenvalue weighted by atomic mass is 10.2. The number of carbonyl (C=O) groups excluding carboxylic acids is 2. The van der Waals surface area contributed by atoms with Crippen LogP contribution >= 0.6 is 23.6 Å². The number of hydrogen-bond donors (Lipinski definition) is 2. The third kappa shape index (κ3) is 5.77. The Balaban J connectivity index is 1.92. The second-order valence-corrected chi connectivity index (χ2v) is 6.25. The van der Waals surface area contributed by atoms with Gasteiger partial charge in [-0.2, -0.15) is 0 Å². The van der Waals surface area contributed by atoms with Crippen LogP contribution in [0.15, 0.2) is 36.4 Å². The molecule has 130 valence electrons. The summed E-state index contributed by atoms with van der Waals surface area (Å²) in [5.41, 5.74) is 1.45. The summed E-state index contributed by atoms with van der Waals surface area (Å²) in [7, 11) is 0. The monoisotopic (exact) mass is 375 g/mol. The van der Waals surface area contributed by atoms with E-state index in [4.69, 9.17) is 17.0 Å². The highest BCUT2D eigenvalue weighted by Crippen LogP contribution is 2.23. The van der Waals surface area contributed by atoms with Gasteiger partial charge in [0.1, 0.15) is 4.88 Å². The molecule has 0 saturated carbocycles. The molecular weight excluding hydrogens is 358 g/mol. The van der Waals surface area contributed by atoms with E-state index in [1.54, 1.807) is 19.9 Å². The van der Waals surface area contributed by atoms with Crippen molar-refractivity contribution in [2.24, 2.45) is 0 Å². The number of aromatic nitrogens is 1. The predicted molar refractivity (Wildman–Crippen MR) is 103 cm³/mol. The SMILES string of the molecule is CCOC(=O)c1sc(NC(=S)NC(=O)/C=C/c2ccccc2)nc1C. The van der Waals surface area contributed by atoms with Crippen LogP contribution in [0.25, 0.3) is 6.08 Å². The Kier molecular flexibility index (Phi) is 6.79. The average molecular weight is 375 g/mol. The smallest absolute Gasteiger partial charge is 0.350 e. The summed E-state index contributed by atoms with van der Waals surface area (Å²) in [5, 5.41) is 5.84. The van der Waals surface area contributed by atoms with Crippen molar-refractivity contribution in [3.05, 3.63) is 52.5 Å². The minimum atomic E-state index is -0.425. The number of esters is 1. The van der Waals surface area contributed by atoms with Crippen LogP contribution in [0.1, 0.15) is 27.9 Å². The number of carbonyl (C=O) groups is 2. The maximum atomic E-state index is 11.9. The van der Waals surface area contributed by atoms with E-state index in [2.05, 4.69) is 15.6 Å². The summed E-state index contributed by atoms with van der Waals surface area (Å²) in [6.07, 6.45) is 3.07. The number of thiazole rings is 1. The van der Waals surface area contributed by atoms with Crippen LogP contribution in [-0.2, 0) is 9.53 Å². The van der Waals surface area contributed by atoms with Crippen LogP contribution in [0, 0.1) is 6.92 Å². The Hall–Kier alpha value is -2.58. The molecule has 2 rings (SSSR count). The summed E-state index contributed by atoms with van der Waals surface area (Å²) in [4.78, 5) is 28.2. The first kappa shape index (κ1) is 18.8. The van der Waals surface area contributed by atoms with Crippen molar-refractivity contribution in [3.63, 3.8) is 0 Å². The number of nitrogens with one attached hydrogen (secondary N) is 2. The van der Waals surface area contributed by atoms with Gasteiger partial charge in [0.25, 0.3) is 0 Å². The molecule has 0 aliphatic rings. The van der Waals surface area contributed by atoms with E-state index < -0.39 is 5.97 Å². The van der Waals surface area contributed by atoms with Gasteiger partial charge in [0.2, 0.25) is 5.91 Å². The standard InChI is InChI=1S/C17H17N3O3S2/c1-3-23-15(22)14-11(2)18-17(25-14)20-16(24)19-13(21)10-9-12-7-5-4-6-8-12/h4-10H,3H2,1-2H3,(H2,18,19,20,21,24)/b10-9+. The fourth-order valence-electron chi connectivity index (χ4n) is 1.85. The number of anilines is 1. The second-order valence-electron chi connectivity index (χ2n) is 4.84. The van der Waals surface area contributed by atoms with E-state index >= 15 is 0 Å². The molecular formula is C17H17N3O3S2. The highest BCUT2D eigenvalue weighted by molar-refractivity contribution is 7.80. The molecule has 2 aromatic rings. The molecule has 0 spiro atoms. The first-order valence-electron chi connectivity index (χ1n) is 7.49. The largest absolute Gasteiger partial charge is 0.462 e. The molecule has 1 aromatic heterocycles. The Morgan fingerprint density at radius 3 is 2.72 bits per heavy atom. The molecule has 0 bridgehead atoms. The van der Waals surface area contributed by atoms with Gasteiger partial charge in [-0.1, -0.05) is 41.7 Å². The third-order valence-corrected chi connectivity index (χ3v) is 4.20. The summed E-state index contributed by atoms with van der Waals surface area (Å²) in [5.74, 6) is -0.786. The maximum absolute atomic E-state index is 11.9. The number of benzene rings is 1. The van der Waals surface area contributed by atoms with Gasteiger partial charge in [-0.3, -0.25) is 10.1 Å². The Morgan fingerprint density at radius 1 is 1.32 bits per heavy atom. The number of thiocarbonyl (C=S) groups is 1. The van der Waals surface area contributed by atoms with Crippen molar-refractivity contribution in [2.45, 2.75) is 13.8 Å². The van der Waals surface area contributed by atoms with Gasteiger partial charge in [0, 0.05) is 6.08 Å². The van der Waals surface area contributed by atoms with Crippen molar-refractivity contribution in [3.8, 4) is 0 Å². The van der Waals surface area contributed by atoms with Crippen LogP contribution < -0.4 is 10.6 Å². The van der Waals surface area contributed by atoms with Crippen LogP contribution in [0.4, 0.5) is 5.13 Å². The number of ether oxygens (including phenoxy) is 1. The molecule has 0 saturated heterocycles. The topological polar surface area (TPSA) is 80.3 Å². The van der Waals surface area contributed by atoms with Crippen molar-refractivity contribution < 1.29 is 14.3 Å². The quantitative estimate of drug-likeness (QED) is 0.475. The zero-order valence-electron chi connectivity index (χ0n) is 13.7. The summed E-state index contributed by atoms with van der Waals surface area (Å²) >= 11 is 6.21. The van der Waals surface area contributed by atoms with E-state index in [0.717, 1.165) is 16.9 Å². The van der Waals surface area contributed by atoms with Gasteiger partial charge in [-0.15, -0.1) is 0 Å². The normalized spacial score (nSPS) is 10.5. The molecule has 1 heterocycles. The molecule has 0 unspecified atom stereocenters. The Morgan fingerprint density at radius 2 is 2.04 bits per heavy atom. The van der Waals surface area contributed by atoms with Crippen molar-refractivity contribution in [2.75, 3.05) is 11.9 Å². The Bertz CT molecular complexity index is 801. The molecule has 1 amide bonds. The fourth-order valence-corrected chi connectivity index (χ4v) is 2.98. The minimum absolute atomic E-state index is 0.104. The molecule has 6 nitrogen and oxygen atoms in total. The van der Waals surface area contributed by atoms with Crippen LogP contribution in [0.5, 0.6) is 0 Å². The van der Waals surface area contributed by atoms with Crippen molar-refractivity contribution >= 4 is 51.8 Å². The summed E-state index contributed by atoms with van der Waals surface area (Å²) < 4.78 is 4.96. The van der Waals surface area contributed by atoms with Gasteiger partial charge < -0.3 is 10.1 Å². The maximum Gasteiger partial charge on any atom is 0.350 e. The number of amides is 1. The number of rotatable bonds is 5. The average Bonchev–Trinajstić information content (AvgIpc) is 2.94. The first-order chi connectivity index (χ1) is 12.0. The van der Waals surface area contributed by atoms with Gasteiger partial charge in [-0.05, 0) is 37.7 Å². The van der Waals surface area contributed by atoms with Crippen LogP contribution in [-0.4, -0.2) is 28.6 Å². The lowest BCUT2D eigenvalue weighted by molar-refractivity contribution is -0.115. The van der Waals surface area contributed by atoms with Gasteiger partial charge in [0.15, 0.2) is 10.2 Å². The highest BCUT2D eigenvalue weighted by atomic mass is 32.1. The molecule has 0 aliphatic heterocycles. The van der Waals surface area contributed by atoms with Crippen LogP contribution in [0.2, 0.25) is 0 Å².